The fourth-order valence-corrected chi connectivity index (χ4v) is 3.40. The number of fused-ring (bicyclic) bond motifs is 3. The highest BCUT2D eigenvalue weighted by Gasteiger charge is 2.19. The lowest BCUT2D eigenvalue weighted by atomic mass is 10.1. The van der Waals surface area contributed by atoms with Gasteiger partial charge < -0.3 is 14.1 Å². The number of aryl methyl sites for hydroxylation is 1. The maximum Gasteiger partial charge on any atom is 0.136 e. The maximum atomic E-state index is 6.14. The number of benzene rings is 1. The molecule has 0 atom stereocenters. The minimum Gasteiger partial charge on any atom is -0.458 e. The molecule has 0 N–H and O–H groups in total. The van der Waals surface area contributed by atoms with E-state index >= 15 is 0 Å². The van der Waals surface area contributed by atoms with Gasteiger partial charge in [-0.05, 0) is 32.1 Å². The average Bonchev–Trinajstić information content (AvgIpc) is 3.08. The summed E-state index contributed by atoms with van der Waals surface area (Å²) in [7, 11) is 0. The zero-order valence-corrected chi connectivity index (χ0v) is 15.2. The van der Waals surface area contributed by atoms with Crippen molar-refractivity contribution < 1.29 is 9.15 Å². The van der Waals surface area contributed by atoms with Gasteiger partial charge in [-0.15, -0.1) is 0 Å². The molecule has 5 heteroatoms. The van der Waals surface area contributed by atoms with E-state index in [2.05, 4.69) is 40.0 Å². The number of hydrogen-bond donors (Lipinski definition) is 0. The van der Waals surface area contributed by atoms with Gasteiger partial charge in [0, 0.05) is 30.6 Å². The van der Waals surface area contributed by atoms with Crippen LogP contribution in [0, 0.1) is 6.92 Å². The summed E-state index contributed by atoms with van der Waals surface area (Å²) in [6.07, 6.45) is 7.12. The zero-order chi connectivity index (χ0) is 17.9. The SMILES string of the molecule is C/C=C(\C=C/Cc1oc2ccccc2c2nc(C)nc1-2)N1CCOCC1. The molecule has 1 aromatic rings. The second kappa shape index (κ2) is 7.30. The van der Waals surface area contributed by atoms with Gasteiger partial charge in [-0.3, -0.25) is 0 Å². The number of morpholine rings is 1. The van der Waals surface area contributed by atoms with Crippen molar-refractivity contribution in [3.05, 3.63) is 59.8 Å². The Morgan fingerprint density at radius 2 is 1.92 bits per heavy atom. The number of nitrogens with zero attached hydrogens (tertiary/aromatic N) is 3. The maximum absolute atomic E-state index is 6.14. The van der Waals surface area contributed by atoms with Crippen LogP contribution in [-0.2, 0) is 11.2 Å². The number of para-hydroxylation sites is 1. The second-order valence-corrected chi connectivity index (χ2v) is 6.41. The molecule has 1 saturated heterocycles. The number of aromatic nitrogens is 2. The first kappa shape index (κ1) is 16.8. The molecular formula is C21H23N3O2. The molecule has 0 bridgehead atoms. The first-order valence-corrected chi connectivity index (χ1v) is 9.06. The van der Waals surface area contributed by atoms with E-state index in [0.717, 1.165) is 60.2 Å². The predicted octanol–water partition coefficient (Wildman–Crippen LogP) is 3.97. The van der Waals surface area contributed by atoms with E-state index in [1.807, 2.05) is 31.2 Å². The molecule has 134 valence electrons. The van der Waals surface area contributed by atoms with Crippen molar-refractivity contribution in [3.63, 3.8) is 0 Å². The van der Waals surface area contributed by atoms with E-state index < -0.39 is 0 Å². The first-order valence-electron chi connectivity index (χ1n) is 9.06. The van der Waals surface area contributed by atoms with Crippen LogP contribution in [0.3, 0.4) is 0 Å². The Morgan fingerprint density at radius 1 is 1.15 bits per heavy atom. The lowest BCUT2D eigenvalue weighted by Gasteiger charge is -2.29. The van der Waals surface area contributed by atoms with Crippen molar-refractivity contribution in [1.82, 2.24) is 14.9 Å². The smallest absolute Gasteiger partial charge is 0.136 e. The van der Waals surface area contributed by atoms with Gasteiger partial charge in [-0.1, -0.05) is 24.3 Å². The van der Waals surface area contributed by atoms with E-state index in [-0.39, 0.29) is 0 Å². The summed E-state index contributed by atoms with van der Waals surface area (Å²) < 4.78 is 11.6. The van der Waals surface area contributed by atoms with Crippen LogP contribution in [0.25, 0.3) is 22.4 Å². The van der Waals surface area contributed by atoms with Gasteiger partial charge in [-0.2, -0.15) is 0 Å². The first-order chi connectivity index (χ1) is 12.8. The van der Waals surface area contributed by atoms with Crippen molar-refractivity contribution in [2.75, 3.05) is 26.3 Å². The van der Waals surface area contributed by atoms with Gasteiger partial charge in [0.2, 0.25) is 0 Å². The van der Waals surface area contributed by atoms with Crippen LogP contribution in [-0.4, -0.2) is 41.2 Å². The number of allylic oxidation sites excluding steroid dienone is 3. The molecule has 0 aliphatic carbocycles. The Hall–Kier alpha value is -2.66. The molecule has 1 aromatic carbocycles. The Bertz CT molecular complexity index is 936. The third kappa shape index (κ3) is 3.22. The minimum absolute atomic E-state index is 0.682. The highest BCUT2D eigenvalue weighted by Crippen LogP contribution is 2.32. The number of ether oxygens (including phenoxy) is 1. The molecule has 1 fully saturated rings. The van der Waals surface area contributed by atoms with Crippen LogP contribution in [0.5, 0.6) is 0 Å². The quantitative estimate of drug-likeness (QED) is 0.667. The van der Waals surface area contributed by atoms with Crippen molar-refractivity contribution >= 4 is 11.0 Å². The molecule has 3 aliphatic heterocycles. The largest absolute Gasteiger partial charge is 0.458 e. The molecule has 0 radical (unpaired) electrons. The number of imidazole rings is 1. The lowest BCUT2D eigenvalue weighted by molar-refractivity contribution is 0.0553. The van der Waals surface area contributed by atoms with Gasteiger partial charge in [0.05, 0.1) is 13.2 Å². The molecule has 26 heavy (non-hydrogen) atoms. The summed E-state index contributed by atoms with van der Waals surface area (Å²) in [5.74, 6) is 1.63. The Kier molecular flexibility index (Phi) is 4.71. The molecule has 0 aromatic heterocycles. The van der Waals surface area contributed by atoms with Crippen molar-refractivity contribution in [2.24, 2.45) is 0 Å². The zero-order valence-electron chi connectivity index (χ0n) is 15.2. The van der Waals surface area contributed by atoms with Crippen LogP contribution < -0.4 is 0 Å². The summed E-state index contributed by atoms with van der Waals surface area (Å²) in [6.45, 7) is 7.43. The molecule has 0 saturated carbocycles. The Balaban J connectivity index is 1.62. The molecule has 5 nitrogen and oxygen atoms in total. The molecule has 0 unspecified atom stereocenters. The third-order valence-electron chi connectivity index (χ3n) is 4.67. The van der Waals surface area contributed by atoms with E-state index in [0.29, 0.717) is 6.42 Å². The van der Waals surface area contributed by atoms with Gasteiger partial charge >= 0.3 is 0 Å². The molecule has 0 spiro atoms. The van der Waals surface area contributed by atoms with E-state index in [9.17, 15) is 0 Å². The molecule has 4 rings (SSSR count). The fourth-order valence-electron chi connectivity index (χ4n) is 3.40. The lowest BCUT2D eigenvalue weighted by Crippen LogP contribution is -2.35. The standard InChI is InChI=1S/C21H23N3O2/c1-3-16(24-11-13-25-14-12-24)7-6-10-19-21-20(22-15(2)23-21)17-8-4-5-9-18(17)26-19/h3-9H,10-14H2,1-2H3/b7-6-,16-3+. The molecular weight excluding hydrogens is 326 g/mol. The molecule has 3 aliphatic rings. The normalized spacial score (nSPS) is 16.2. The van der Waals surface area contributed by atoms with Crippen LogP contribution in [0.1, 0.15) is 18.5 Å². The van der Waals surface area contributed by atoms with Crippen LogP contribution in [0.2, 0.25) is 0 Å². The van der Waals surface area contributed by atoms with Crippen LogP contribution in [0.4, 0.5) is 0 Å². The molecule has 0 amide bonds. The van der Waals surface area contributed by atoms with Crippen LogP contribution in [0.15, 0.2) is 52.6 Å². The van der Waals surface area contributed by atoms with Gasteiger partial charge in [-0.25, -0.2) is 9.97 Å². The second-order valence-electron chi connectivity index (χ2n) is 6.41. The van der Waals surface area contributed by atoms with Gasteiger partial charge in [0.1, 0.15) is 28.6 Å². The average molecular weight is 349 g/mol. The highest BCUT2D eigenvalue weighted by molar-refractivity contribution is 5.92. The van der Waals surface area contributed by atoms with Crippen molar-refractivity contribution in [3.8, 4) is 11.4 Å². The minimum atomic E-state index is 0.682. The summed E-state index contributed by atoms with van der Waals surface area (Å²) >= 11 is 0. The third-order valence-corrected chi connectivity index (χ3v) is 4.67. The molecule has 3 heterocycles. The predicted molar refractivity (Wildman–Crippen MR) is 102 cm³/mol. The van der Waals surface area contributed by atoms with E-state index in [4.69, 9.17) is 9.15 Å². The Labute approximate surface area is 153 Å². The topological polar surface area (TPSA) is 51.4 Å². The van der Waals surface area contributed by atoms with Crippen LogP contribution >= 0.6 is 0 Å². The summed E-state index contributed by atoms with van der Waals surface area (Å²) in [4.78, 5) is 11.5. The summed E-state index contributed by atoms with van der Waals surface area (Å²) in [5, 5.41) is 1.01. The van der Waals surface area contributed by atoms with Crippen molar-refractivity contribution in [1.29, 1.82) is 0 Å². The highest BCUT2D eigenvalue weighted by atomic mass is 16.5. The summed E-state index contributed by atoms with van der Waals surface area (Å²) in [6, 6.07) is 8.00. The van der Waals surface area contributed by atoms with E-state index in [1.54, 1.807) is 0 Å². The number of rotatable bonds is 4. The Morgan fingerprint density at radius 3 is 2.73 bits per heavy atom. The van der Waals surface area contributed by atoms with Crippen molar-refractivity contribution in [2.45, 2.75) is 20.3 Å². The fraction of sp³-hybridized carbons (Fsp3) is 0.333. The summed E-state index contributed by atoms with van der Waals surface area (Å²) in [5.41, 5.74) is 3.85. The monoisotopic (exact) mass is 349 g/mol. The van der Waals surface area contributed by atoms with E-state index in [1.165, 1.54) is 5.70 Å². The number of hydrogen-bond acceptors (Lipinski definition) is 5. The van der Waals surface area contributed by atoms with Gasteiger partial charge in [0.15, 0.2) is 0 Å². The van der Waals surface area contributed by atoms with Gasteiger partial charge in [0.25, 0.3) is 0 Å².